The van der Waals surface area contributed by atoms with Gasteiger partial charge in [0.1, 0.15) is 11.6 Å². The second-order valence-electron chi connectivity index (χ2n) is 11.2. The lowest BCUT2D eigenvalue weighted by Gasteiger charge is -2.57. The molecule has 0 amide bonds. The van der Waals surface area contributed by atoms with Crippen LogP contribution in [0.5, 0.6) is 0 Å². The van der Waals surface area contributed by atoms with Crippen LogP contribution in [0.15, 0.2) is 11.6 Å². The van der Waals surface area contributed by atoms with Crippen molar-refractivity contribution in [3.8, 4) is 0 Å². The minimum atomic E-state index is -0.399. The fourth-order valence-corrected chi connectivity index (χ4v) is 7.25. The van der Waals surface area contributed by atoms with E-state index in [0.29, 0.717) is 30.5 Å². The zero-order valence-corrected chi connectivity index (χ0v) is 17.6. The van der Waals surface area contributed by atoms with Crippen LogP contribution in [-0.4, -0.2) is 17.3 Å². The lowest BCUT2D eigenvalue weighted by Crippen LogP contribution is -2.52. The van der Waals surface area contributed by atoms with Gasteiger partial charge in [-0.2, -0.15) is 0 Å². The molecule has 0 aromatic carbocycles. The molecule has 4 aliphatic carbocycles. The summed E-state index contributed by atoms with van der Waals surface area (Å²) in [6.45, 7) is 10.5. The Hall–Kier alpha value is -1.25. The molecule has 27 heavy (non-hydrogen) atoms. The first kappa shape index (κ1) is 19.1. The zero-order valence-electron chi connectivity index (χ0n) is 17.6. The highest BCUT2D eigenvalue weighted by Crippen LogP contribution is 2.66. The van der Waals surface area contributed by atoms with Crippen LogP contribution in [0.1, 0.15) is 79.6 Å². The minimum absolute atomic E-state index is 0.0825. The van der Waals surface area contributed by atoms with Crippen molar-refractivity contribution < 1.29 is 14.4 Å². The average molecular weight is 371 g/mol. The third kappa shape index (κ3) is 2.63. The number of hydrogen-bond acceptors (Lipinski definition) is 3. The van der Waals surface area contributed by atoms with Crippen molar-refractivity contribution in [2.45, 2.75) is 79.6 Å². The molecule has 3 nitrogen and oxygen atoms in total. The molecule has 3 saturated carbocycles. The fraction of sp³-hybridized carbons (Fsp3) is 0.792. The molecule has 4 rings (SSSR count). The van der Waals surface area contributed by atoms with Crippen molar-refractivity contribution in [3.05, 3.63) is 11.6 Å². The first-order valence-electron chi connectivity index (χ1n) is 10.8. The molecule has 0 aromatic heterocycles. The van der Waals surface area contributed by atoms with Gasteiger partial charge in [-0.25, -0.2) is 0 Å². The molecule has 6 atom stereocenters. The molecule has 4 aliphatic rings. The van der Waals surface area contributed by atoms with E-state index in [1.54, 1.807) is 0 Å². The third-order valence-corrected chi connectivity index (χ3v) is 8.77. The van der Waals surface area contributed by atoms with Gasteiger partial charge in [-0.3, -0.25) is 14.4 Å². The highest BCUT2D eigenvalue weighted by molar-refractivity contribution is 5.97. The maximum Gasteiger partial charge on any atom is 0.155 e. The maximum absolute atomic E-state index is 13.3. The summed E-state index contributed by atoms with van der Waals surface area (Å²) in [5.41, 5.74) is 0.699. The monoisotopic (exact) mass is 370 g/mol. The quantitative estimate of drug-likeness (QED) is 0.658. The normalized spacial score (nSPS) is 44.3. The Kier molecular flexibility index (Phi) is 4.15. The smallest absolute Gasteiger partial charge is 0.155 e. The number of hydrogen-bond donors (Lipinski definition) is 0. The van der Waals surface area contributed by atoms with Crippen LogP contribution >= 0.6 is 0 Å². The van der Waals surface area contributed by atoms with Crippen molar-refractivity contribution in [2.24, 2.45) is 39.9 Å². The summed E-state index contributed by atoms with van der Waals surface area (Å²) in [7, 11) is 0. The van der Waals surface area contributed by atoms with Gasteiger partial charge in [0.05, 0.1) is 0 Å². The number of fused-ring (bicyclic) bond motifs is 5. The molecule has 0 aliphatic heterocycles. The number of rotatable bonds is 1. The lowest BCUT2D eigenvalue weighted by atomic mass is 9.46. The molecule has 0 radical (unpaired) electrons. The SMILES string of the molecule is CC(C)(C)C(=O)C1CC(=O)[C@@]2(C)CC[C@H]3[C@@H](CCC4=CC(=O)CC[C@@]43C)[C@H]12. The second kappa shape index (κ2) is 5.87. The molecular formula is C24H34O3. The highest BCUT2D eigenvalue weighted by atomic mass is 16.1. The Morgan fingerprint density at radius 2 is 1.74 bits per heavy atom. The van der Waals surface area contributed by atoms with Crippen LogP contribution in [0.4, 0.5) is 0 Å². The number of carbonyl (C=O) groups is 3. The lowest BCUT2D eigenvalue weighted by molar-refractivity contribution is -0.138. The summed E-state index contributed by atoms with van der Waals surface area (Å²) in [6, 6.07) is 0. The van der Waals surface area contributed by atoms with E-state index >= 15 is 0 Å². The Bertz CT molecular complexity index is 739. The van der Waals surface area contributed by atoms with Crippen LogP contribution in [0.25, 0.3) is 0 Å². The molecule has 0 aromatic rings. The molecule has 3 fully saturated rings. The standard InChI is InChI=1S/C24H34O3/c1-22(2,3)21(27)17-13-19(26)24(5)11-9-18-16(20(17)24)7-6-14-12-15(25)8-10-23(14,18)4/h12,16-18,20H,6-11,13H2,1-5H3/t16-,17?,18+,20-,23+,24-/m1/s1. The number of ketones is 3. The van der Waals surface area contributed by atoms with Crippen molar-refractivity contribution in [3.63, 3.8) is 0 Å². The predicted molar refractivity (Wildman–Crippen MR) is 105 cm³/mol. The summed E-state index contributed by atoms with van der Waals surface area (Å²) < 4.78 is 0. The first-order chi connectivity index (χ1) is 12.5. The maximum atomic E-state index is 13.3. The van der Waals surface area contributed by atoms with Gasteiger partial charge in [0.25, 0.3) is 0 Å². The van der Waals surface area contributed by atoms with E-state index in [4.69, 9.17) is 0 Å². The van der Waals surface area contributed by atoms with Crippen LogP contribution in [-0.2, 0) is 14.4 Å². The van der Waals surface area contributed by atoms with Gasteiger partial charge in [0.15, 0.2) is 5.78 Å². The third-order valence-electron chi connectivity index (χ3n) is 8.77. The van der Waals surface area contributed by atoms with Crippen LogP contribution in [0.2, 0.25) is 0 Å². The fourth-order valence-electron chi connectivity index (χ4n) is 7.25. The van der Waals surface area contributed by atoms with Crippen LogP contribution in [0, 0.1) is 39.9 Å². The van der Waals surface area contributed by atoms with E-state index in [0.717, 1.165) is 32.1 Å². The van der Waals surface area contributed by atoms with E-state index in [-0.39, 0.29) is 34.2 Å². The van der Waals surface area contributed by atoms with Crippen molar-refractivity contribution in [1.29, 1.82) is 0 Å². The van der Waals surface area contributed by atoms with E-state index in [2.05, 4.69) is 13.8 Å². The van der Waals surface area contributed by atoms with E-state index in [1.807, 2.05) is 26.8 Å². The van der Waals surface area contributed by atoms with Gasteiger partial charge in [0, 0.05) is 29.6 Å². The molecule has 1 unspecified atom stereocenters. The predicted octanol–water partition coefficient (Wildman–Crippen LogP) is 4.93. The molecule has 0 bridgehead atoms. The van der Waals surface area contributed by atoms with Crippen molar-refractivity contribution in [2.75, 3.05) is 0 Å². The Labute approximate surface area is 163 Å². The van der Waals surface area contributed by atoms with Crippen molar-refractivity contribution in [1.82, 2.24) is 0 Å². The summed E-state index contributed by atoms with van der Waals surface area (Å²) in [6.07, 6.45) is 7.90. The number of carbonyl (C=O) groups excluding carboxylic acids is 3. The summed E-state index contributed by atoms with van der Waals surface area (Å²) in [5.74, 6) is 1.88. The van der Waals surface area contributed by atoms with Crippen molar-refractivity contribution >= 4 is 17.3 Å². The molecule has 0 spiro atoms. The molecule has 0 N–H and O–H groups in total. The van der Waals surface area contributed by atoms with Gasteiger partial charge >= 0.3 is 0 Å². The number of Topliss-reactive ketones (excluding diaryl/α,β-unsaturated/α-hetero) is 2. The van der Waals surface area contributed by atoms with Gasteiger partial charge in [-0.15, -0.1) is 0 Å². The van der Waals surface area contributed by atoms with Gasteiger partial charge in [-0.1, -0.05) is 40.2 Å². The summed E-state index contributed by atoms with van der Waals surface area (Å²) >= 11 is 0. The van der Waals surface area contributed by atoms with E-state index in [9.17, 15) is 14.4 Å². The number of allylic oxidation sites excluding steroid dienone is 1. The van der Waals surface area contributed by atoms with Crippen LogP contribution < -0.4 is 0 Å². The zero-order chi connectivity index (χ0) is 19.8. The van der Waals surface area contributed by atoms with E-state index in [1.165, 1.54) is 5.57 Å². The highest BCUT2D eigenvalue weighted by Gasteiger charge is 2.63. The molecule has 0 heterocycles. The van der Waals surface area contributed by atoms with Gasteiger partial charge < -0.3 is 0 Å². The molecular weight excluding hydrogens is 336 g/mol. The largest absolute Gasteiger partial charge is 0.299 e. The molecule has 148 valence electrons. The Balaban J connectivity index is 1.74. The first-order valence-corrected chi connectivity index (χ1v) is 10.8. The van der Waals surface area contributed by atoms with Crippen LogP contribution in [0.3, 0.4) is 0 Å². The van der Waals surface area contributed by atoms with Gasteiger partial charge in [-0.05, 0) is 61.3 Å². The van der Waals surface area contributed by atoms with E-state index < -0.39 is 5.41 Å². The summed E-state index contributed by atoms with van der Waals surface area (Å²) in [5, 5.41) is 0. The topological polar surface area (TPSA) is 51.2 Å². The Morgan fingerprint density at radius 3 is 2.41 bits per heavy atom. The average Bonchev–Trinajstić information content (AvgIpc) is 2.85. The molecule has 3 heteroatoms. The Morgan fingerprint density at radius 1 is 1.04 bits per heavy atom. The second-order valence-corrected chi connectivity index (χ2v) is 11.2. The molecule has 0 saturated heterocycles. The summed E-state index contributed by atoms with van der Waals surface area (Å²) in [4.78, 5) is 38.3. The van der Waals surface area contributed by atoms with Gasteiger partial charge in [0.2, 0.25) is 0 Å². The minimum Gasteiger partial charge on any atom is -0.299 e.